The normalized spacial score (nSPS) is 16.3. The number of aromatic nitrogens is 2. The van der Waals surface area contributed by atoms with Crippen molar-refractivity contribution < 1.29 is 19.1 Å². The first-order valence-electron chi connectivity index (χ1n) is 9.79. The molecule has 1 unspecified atom stereocenters. The highest BCUT2D eigenvalue weighted by molar-refractivity contribution is 6.04. The molecular formula is C22H24N4O4. The van der Waals surface area contributed by atoms with Crippen LogP contribution < -0.4 is 15.0 Å². The van der Waals surface area contributed by atoms with E-state index in [1.54, 1.807) is 31.4 Å². The summed E-state index contributed by atoms with van der Waals surface area (Å²) in [6.07, 6.45) is 1.97. The first-order chi connectivity index (χ1) is 14.6. The molecule has 2 amide bonds. The number of carbonyl (C=O) groups is 2. The van der Waals surface area contributed by atoms with E-state index in [0.717, 1.165) is 16.6 Å². The average Bonchev–Trinajstić information content (AvgIpc) is 3.35. The number of methoxy groups -OCH3 is 2. The summed E-state index contributed by atoms with van der Waals surface area (Å²) in [5, 5.41) is 8.30. The summed E-state index contributed by atoms with van der Waals surface area (Å²) >= 11 is 0. The first-order valence-corrected chi connectivity index (χ1v) is 9.79. The van der Waals surface area contributed by atoms with Gasteiger partial charge in [0, 0.05) is 42.9 Å². The second-order valence-corrected chi connectivity index (χ2v) is 7.23. The molecule has 1 fully saturated rings. The van der Waals surface area contributed by atoms with E-state index < -0.39 is 5.92 Å². The van der Waals surface area contributed by atoms with Gasteiger partial charge < -0.3 is 19.7 Å². The number of nitrogens with zero attached hydrogens (tertiary/aromatic N) is 3. The maximum absolute atomic E-state index is 12.8. The van der Waals surface area contributed by atoms with Crippen molar-refractivity contribution in [3.63, 3.8) is 0 Å². The van der Waals surface area contributed by atoms with E-state index in [1.807, 2.05) is 41.1 Å². The van der Waals surface area contributed by atoms with Crippen LogP contribution in [0.3, 0.4) is 0 Å². The van der Waals surface area contributed by atoms with Gasteiger partial charge in [-0.3, -0.25) is 14.3 Å². The number of hydrogen-bond donors (Lipinski definition) is 1. The predicted molar refractivity (Wildman–Crippen MR) is 114 cm³/mol. The lowest BCUT2D eigenvalue weighted by atomic mass is 10.1. The van der Waals surface area contributed by atoms with E-state index in [-0.39, 0.29) is 18.2 Å². The van der Waals surface area contributed by atoms with Gasteiger partial charge in [-0.2, -0.15) is 5.10 Å². The molecule has 30 heavy (non-hydrogen) atoms. The number of rotatable bonds is 7. The number of fused-ring (bicyclic) bond motifs is 1. The molecular weight excluding hydrogens is 384 g/mol. The summed E-state index contributed by atoms with van der Waals surface area (Å²) < 4.78 is 12.2. The van der Waals surface area contributed by atoms with E-state index in [0.29, 0.717) is 31.1 Å². The monoisotopic (exact) mass is 408 g/mol. The van der Waals surface area contributed by atoms with Crippen molar-refractivity contribution in [1.29, 1.82) is 0 Å². The third-order valence-electron chi connectivity index (χ3n) is 5.28. The average molecular weight is 408 g/mol. The molecule has 1 aromatic heterocycles. The van der Waals surface area contributed by atoms with Crippen molar-refractivity contribution in [1.82, 2.24) is 9.78 Å². The summed E-state index contributed by atoms with van der Waals surface area (Å²) in [4.78, 5) is 27.0. The molecule has 2 heterocycles. The highest BCUT2D eigenvalue weighted by atomic mass is 16.5. The highest BCUT2D eigenvalue weighted by Gasteiger charge is 2.35. The van der Waals surface area contributed by atoms with Crippen LogP contribution in [0.25, 0.3) is 10.9 Å². The van der Waals surface area contributed by atoms with E-state index in [2.05, 4.69) is 10.4 Å². The lowest BCUT2D eigenvalue weighted by Crippen LogP contribution is -2.28. The Morgan fingerprint density at radius 2 is 2.10 bits per heavy atom. The smallest absolute Gasteiger partial charge is 0.229 e. The molecule has 0 saturated carbocycles. The summed E-state index contributed by atoms with van der Waals surface area (Å²) in [5.41, 5.74) is 2.34. The van der Waals surface area contributed by atoms with Gasteiger partial charge in [-0.1, -0.05) is 6.07 Å². The highest BCUT2D eigenvalue weighted by Crippen LogP contribution is 2.29. The van der Waals surface area contributed by atoms with Gasteiger partial charge in [-0.25, -0.2) is 0 Å². The zero-order valence-corrected chi connectivity index (χ0v) is 17.0. The lowest BCUT2D eigenvalue weighted by Gasteiger charge is -2.17. The molecule has 4 rings (SSSR count). The molecule has 0 aliphatic carbocycles. The van der Waals surface area contributed by atoms with Gasteiger partial charge in [0.15, 0.2) is 0 Å². The van der Waals surface area contributed by atoms with Crippen LogP contribution in [0.15, 0.2) is 48.7 Å². The van der Waals surface area contributed by atoms with Crippen molar-refractivity contribution in [3.8, 4) is 5.75 Å². The van der Waals surface area contributed by atoms with Crippen molar-refractivity contribution in [3.05, 3.63) is 48.7 Å². The molecule has 156 valence electrons. The number of benzene rings is 2. The van der Waals surface area contributed by atoms with Crippen molar-refractivity contribution in [2.24, 2.45) is 5.92 Å². The van der Waals surface area contributed by atoms with Crippen molar-refractivity contribution in [2.75, 3.05) is 37.6 Å². The minimum Gasteiger partial charge on any atom is -0.497 e. The molecule has 1 saturated heterocycles. The van der Waals surface area contributed by atoms with Crippen LogP contribution in [0.4, 0.5) is 11.4 Å². The Kier molecular flexibility index (Phi) is 5.67. The molecule has 3 aromatic rings. The number of carbonyl (C=O) groups excluding carboxylic acids is 2. The van der Waals surface area contributed by atoms with E-state index in [9.17, 15) is 9.59 Å². The summed E-state index contributed by atoms with van der Waals surface area (Å²) in [5.74, 6) is 0.0111. The maximum Gasteiger partial charge on any atom is 0.229 e. The fourth-order valence-corrected chi connectivity index (χ4v) is 3.66. The van der Waals surface area contributed by atoms with Gasteiger partial charge in [-0.15, -0.1) is 0 Å². The molecule has 8 nitrogen and oxygen atoms in total. The molecule has 1 aliphatic heterocycles. The summed E-state index contributed by atoms with van der Waals surface area (Å²) in [6, 6.07) is 13.0. The Morgan fingerprint density at radius 3 is 2.90 bits per heavy atom. The van der Waals surface area contributed by atoms with E-state index in [1.165, 1.54) is 0 Å². The van der Waals surface area contributed by atoms with Crippen molar-refractivity contribution in [2.45, 2.75) is 13.0 Å². The molecule has 1 aliphatic rings. The molecule has 1 N–H and O–H groups in total. The fourth-order valence-electron chi connectivity index (χ4n) is 3.66. The maximum atomic E-state index is 12.8. The van der Waals surface area contributed by atoms with Gasteiger partial charge in [-0.05, 0) is 30.3 Å². The fraction of sp³-hybridized carbons (Fsp3) is 0.318. The standard InChI is InChI=1S/C22H24N4O4/c1-29-9-8-26-20-11-17(7-6-15(20)13-23-26)24-22(28)16-10-21(27)25(14-16)18-4-3-5-19(12-18)30-2/h3-7,11-13,16H,8-10,14H2,1-2H3,(H,24,28). The van der Waals surface area contributed by atoms with Gasteiger partial charge in [0.05, 0.1) is 37.9 Å². The molecule has 0 radical (unpaired) electrons. The third-order valence-corrected chi connectivity index (χ3v) is 5.28. The SMILES string of the molecule is COCCn1ncc2ccc(NC(=O)C3CC(=O)N(c4cccc(OC)c4)C3)cc21. The Labute approximate surface area is 174 Å². The summed E-state index contributed by atoms with van der Waals surface area (Å²) in [6.45, 7) is 1.52. The van der Waals surface area contributed by atoms with Gasteiger partial charge in [0.25, 0.3) is 0 Å². The summed E-state index contributed by atoms with van der Waals surface area (Å²) in [7, 11) is 3.23. The number of hydrogen-bond acceptors (Lipinski definition) is 5. The molecule has 0 spiro atoms. The Bertz CT molecular complexity index is 1080. The molecule has 8 heteroatoms. The van der Waals surface area contributed by atoms with Crippen LogP contribution in [-0.4, -0.2) is 49.0 Å². The number of ether oxygens (including phenoxy) is 2. The molecule has 2 aromatic carbocycles. The van der Waals surface area contributed by atoms with Gasteiger partial charge in [0.2, 0.25) is 11.8 Å². The first kappa shape index (κ1) is 19.9. The largest absolute Gasteiger partial charge is 0.497 e. The molecule has 1 atom stereocenters. The Balaban J connectivity index is 1.47. The second kappa shape index (κ2) is 8.54. The van der Waals surface area contributed by atoms with Gasteiger partial charge >= 0.3 is 0 Å². The number of nitrogens with one attached hydrogen (secondary N) is 1. The topological polar surface area (TPSA) is 85.7 Å². The molecule has 0 bridgehead atoms. The predicted octanol–water partition coefficient (Wildman–Crippen LogP) is 2.68. The minimum atomic E-state index is -0.419. The van der Waals surface area contributed by atoms with Gasteiger partial charge in [0.1, 0.15) is 5.75 Å². The quantitative estimate of drug-likeness (QED) is 0.650. The zero-order chi connectivity index (χ0) is 21.1. The minimum absolute atomic E-state index is 0.0727. The van der Waals surface area contributed by atoms with Crippen LogP contribution in [0.5, 0.6) is 5.75 Å². The van der Waals surface area contributed by atoms with E-state index in [4.69, 9.17) is 9.47 Å². The van der Waals surface area contributed by atoms with Crippen LogP contribution in [-0.2, 0) is 20.9 Å². The van der Waals surface area contributed by atoms with Crippen LogP contribution in [0, 0.1) is 5.92 Å². The van der Waals surface area contributed by atoms with Crippen molar-refractivity contribution >= 4 is 34.1 Å². The number of amides is 2. The van der Waals surface area contributed by atoms with Crippen LogP contribution in [0.1, 0.15) is 6.42 Å². The lowest BCUT2D eigenvalue weighted by molar-refractivity contribution is -0.122. The van der Waals surface area contributed by atoms with E-state index >= 15 is 0 Å². The van der Waals surface area contributed by atoms with Crippen LogP contribution in [0.2, 0.25) is 0 Å². The Morgan fingerprint density at radius 1 is 1.23 bits per heavy atom. The van der Waals surface area contributed by atoms with Crippen LogP contribution >= 0.6 is 0 Å². The third kappa shape index (κ3) is 3.99. The zero-order valence-electron chi connectivity index (χ0n) is 17.0. The Hall–Kier alpha value is -3.39. The number of anilines is 2. The second-order valence-electron chi connectivity index (χ2n) is 7.23.